The number of carboxylic acid groups (broad SMARTS) is 1. The number of methoxy groups -OCH3 is 1. The van der Waals surface area contributed by atoms with E-state index in [1.165, 1.54) is 30.2 Å². The third kappa shape index (κ3) is 5.51. The Morgan fingerprint density at radius 2 is 1.98 bits per heavy atom. The number of hydrogen-bond acceptors (Lipinski definition) is 7. The van der Waals surface area contributed by atoms with Crippen molar-refractivity contribution in [3.63, 3.8) is 0 Å². The summed E-state index contributed by atoms with van der Waals surface area (Å²) in [7, 11) is 1.44. The number of rotatable bonds is 7. The fourth-order valence-electron chi connectivity index (χ4n) is 5.43. The molecule has 1 atom stereocenters. The number of carbonyl (C=O) groups is 2. The quantitative estimate of drug-likeness (QED) is 0.321. The van der Waals surface area contributed by atoms with Gasteiger partial charge in [0.2, 0.25) is 0 Å². The van der Waals surface area contributed by atoms with E-state index in [4.69, 9.17) is 15.2 Å². The minimum absolute atomic E-state index is 0.0359. The van der Waals surface area contributed by atoms with E-state index in [0.29, 0.717) is 40.9 Å². The Bertz CT molecular complexity index is 1530. The minimum atomic E-state index is -1.26. The van der Waals surface area contributed by atoms with Crippen molar-refractivity contribution in [2.75, 3.05) is 31.5 Å². The number of aromatic nitrogens is 1. The highest BCUT2D eigenvalue weighted by atomic mass is 19.1. The van der Waals surface area contributed by atoms with Gasteiger partial charge in [-0.05, 0) is 54.2 Å². The lowest BCUT2D eigenvalue weighted by Crippen LogP contribution is -2.62. The van der Waals surface area contributed by atoms with Gasteiger partial charge in [0.25, 0.3) is 5.91 Å². The number of nitrogens with two attached hydrogens (primary N) is 1. The van der Waals surface area contributed by atoms with Crippen molar-refractivity contribution in [3.8, 4) is 34.2 Å². The molecule has 0 unspecified atom stereocenters. The molecule has 0 radical (unpaired) electrons. The van der Waals surface area contributed by atoms with Crippen molar-refractivity contribution in [1.29, 1.82) is 5.26 Å². The van der Waals surface area contributed by atoms with Crippen LogP contribution in [0.25, 0.3) is 22.4 Å². The van der Waals surface area contributed by atoms with Crippen LogP contribution in [0.5, 0.6) is 5.75 Å². The number of nitriles is 1. The van der Waals surface area contributed by atoms with Gasteiger partial charge < -0.3 is 25.6 Å². The summed E-state index contributed by atoms with van der Waals surface area (Å²) in [5.74, 6) is -0.792. The molecule has 0 aliphatic carbocycles. The predicted molar refractivity (Wildman–Crippen MR) is 151 cm³/mol. The molecule has 2 aromatic carbocycles. The lowest BCUT2D eigenvalue weighted by atomic mass is 9.71. The first kappa shape index (κ1) is 29.3. The average Bonchev–Trinajstić information content (AvgIpc) is 3.39. The number of benzene rings is 2. The van der Waals surface area contributed by atoms with Gasteiger partial charge in [-0.3, -0.25) is 9.69 Å². The maximum atomic E-state index is 14.0. The topological polar surface area (TPSA) is 151 Å². The molecule has 1 aliphatic heterocycles. The Labute approximate surface area is 237 Å². The van der Waals surface area contributed by atoms with E-state index in [1.807, 2.05) is 20.8 Å². The average molecular weight is 562 g/mol. The second-order valence-electron chi connectivity index (χ2n) is 10.8. The van der Waals surface area contributed by atoms with E-state index < -0.39 is 28.8 Å². The minimum Gasteiger partial charge on any atom is -0.467 e. The summed E-state index contributed by atoms with van der Waals surface area (Å²) in [6.07, 6.45) is -0.182. The van der Waals surface area contributed by atoms with Gasteiger partial charge in [0.15, 0.2) is 6.79 Å². The summed E-state index contributed by atoms with van der Waals surface area (Å²) in [6.45, 7) is 5.71. The van der Waals surface area contributed by atoms with Crippen LogP contribution in [0.1, 0.15) is 39.2 Å². The summed E-state index contributed by atoms with van der Waals surface area (Å²) in [4.78, 5) is 31.4. The molecular weight excluding hydrogens is 529 g/mol. The van der Waals surface area contributed by atoms with Crippen molar-refractivity contribution in [1.82, 2.24) is 9.88 Å². The largest absolute Gasteiger partial charge is 0.467 e. The number of anilines is 2. The monoisotopic (exact) mass is 561 g/mol. The van der Waals surface area contributed by atoms with E-state index in [0.717, 1.165) is 0 Å². The van der Waals surface area contributed by atoms with Gasteiger partial charge in [0.1, 0.15) is 34.6 Å². The highest BCUT2D eigenvalue weighted by molar-refractivity contribution is 6.01. The summed E-state index contributed by atoms with van der Waals surface area (Å²) in [5, 5.41) is 22.7. The van der Waals surface area contributed by atoms with Gasteiger partial charge in [-0.1, -0.05) is 32.9 Å². The molecule has 1 fully saturated rings. The standard InChI is InChI=1S/C30H32FN5O5/c1-29(2,3)30(11-6-12-36(30)28(38)39)27(37)34-20-8-5-7-18(13-20)22-15-24(35-26(33)23(22)16-32)21-10-9-19(31)14-25(21)41-17-40-4/h5,7-10,13-15H,6,11-12,17H2,1-4H3,(H2,33,35)(H,34,37)(H,38,39)/t30-/m0/s1. The second-order valence-corrected chi connectivity index (χ2v) is 10.8. The molecule has 2 amide bonds. The summed E-state index contributed by atoms with van der Waals surface area (Å²) >= 11 is 0. The van der Waals surface area contributed by atoms with Crippen molar-refractivity contribution < 1.29 is 28.6 Å². The number of hydrogen-bond donors (Lipinski definition) is 3. The highest BCUT2D eigenvalue weighted by Gasteiger charge is 2.57. The van der Waals surface area contributed by atoms with Gasteiger partial charge in [-0.15, -0.1) is 0 Å². The number of amides is 2. The fourth-order valence-corrected chi connectivity index (χ4v) is 5.43. The lowest BCUT2D eigenvalue weighted by molar-refractivity contribution is -0.131. The molecule has 11 heteroatoms. The van der Waals surface area contributed by atoms with Crippen LogP contribution in [0.15, 0.2) is 48.5 Å². The number of ether oxygens (including phenoxy) is 2. The molecule has 1 saturated heterocycles. The zero-order valence-corrected chi connectivity index (χ0v) is 23.3. The van der Waals surface area contributed by atoms with Gasteiger partial charge in [0, 0.05) is 36.5 Å². The summed E-state index contributed by atoms with van der Waals surface area (Å²) < 4.78 is 24.5. The number of carbonyl (C=O) groups excluding carboxylic acids is 1. The molecule has 41 heavy (non-hydrogen) atoms. The molecule has 10 nitrogen and oxygen atoms in total. The molecule has 3 aromatic rings. The van der Waals surface area contributed by atoms with E-state index in [-0.39, 0.29) is 30.5 Å². The van der Waals surface area contributed by atoms with Crippen LogP contribution < -0.4 is 15.8 Å². The Morgan fingerprint density at radius 3 is 2.63 bits per heavy atom. The highest BCUT2D eigenvalue weighted by Crippen LogP contribution is 2.45. The molecule has 4 rings (SSSR count). The smallest absolute Gasteiger partial charge is 0.408 e. The Hall–Kier alpha value is -4.69. The molecule has 214 valence electrons. The Morgan fingerprint density at radius 1 is 1.22 bits per heavy atom. The molecular formula is C30H32FN5O5. The number of likely N-dealkylation sites (tertiary alicyclic amines) is 1. The SMILES string of the molecule is COCOc1cc(F)ccc1-c1cc(-c2cccc(NC(=O)[C@]3(C(C)(C)C)CCCN3C(=O)O)c2)c(C#N)c(N)n1. The molecule has 1 aliphatic rings. The summed E-state index contributed by atoms with van der Waals surface area (Å²) in [6, 6.07) is 14.5. The molecule has 0 spiro atoms. The van der Waals surface area contributed by atoms with Crippen LogP contribution in [0.2, 0.25) is 0 Å². The zero-order chi connectivity index (χ0) is 29.9. The van der Waals surface area contributed by atoms with Gasteiger partial charge >= 0.3 is 6.09 Å². The van der Waals surface area contributed by atoms with Crippen molar-refractivity contribution in [3.05, 3.63) is 59.9 Å². The number of nitrogens with one attached hydrogen (secondary N) is 1. The summed E-state index contributed by atoms with van der Waals surface area (Å²) in [5.41, 5.74) is 6.57. The zero-order valence-electron chi connectivity index (χ0n) is 23.3. The molecule has 0 saturated carbocycles. The first-order chi connectivity index (χ1) is 19.4. The van der Waals surface area contributed by atoms with Crippen molar-refractivity contribution in [2.24, 2.45) is 5.41 Å². The van der Waals surface area contributed by atoms with Crippen LogP contribution in [-0.4, -0.2) is 53.0 Å². The normalized spacial score (nSPS) is 16.7. The fraction of sp³-hybridized carbons (Fsp3) is 0.333. The van der Waals surface area contributed by atoms with Gasteiger partial charge in [0.05, 0.1) is 5.69 Å². The van der Waals surface area contributed by atoms with Crippen molar-refractivity contribution in [2.45, 2.75) is 39.2 Å². The molecule has 0 bridgehead atoms. The van der Waals surface area contributed by atoms with Crippen LogP contribution in [0.4, 0.5) is 20.7 Å². The van der Waals surface area contributed by atoms with E-state index in [1.54, 1.807) is 30.3 Å². The Kier molecular flexibility index (Phi) is 8.17. The van der Waals surface area contributed by atoms with Crippen LogP contribution in [0.3, 0.4) is 0 Å². The second kappa shape index (κ2) is 11.4. The number of pyridine rings is 1. The maximum Gasteiger partial charge on any atom is 0.408 e. The first-order valence-electron chi connectivity index (χ1n) is 13.0. The molecule has 2 heterocycles. The van der Waals surface area contributed by atoms with Crippen LogP contribution in [-0.2, 0) is 9.53 Å². The van der Waals surface area contributed by atoms with E-state index in [2.05, 4.69) is 16.4 Å². The van der Waals surface area contributed by atoms with E-state index >= 15 is 0 Å². The predicted octanol–water partition coefficient (Wildman–Crippen LogP) is 5.49. The number of nitrogen functional groups attached to an aromatic ring is 1. The van der Waals surface area contributed by atoms with Gasteiger partial charge in [-0.2, -0.15) is 5.26 Å². The molecule has 4 N–H and O–H groups in total. The maximum absolute atomic E-state index is 14.0. The van der Waals surface area contributed by atoms with Crippen LogP contribution >= 0.6 is 0 Å². The third-order valence-corrected chi connectivity index (χ3v) is 7.37. The molecule has 1 aromatic heterocycles. The third-order valence-electron chi connectivity index (χ3n) is 7.37. The van der Waals surface area contributed by atoms with Gasteiger partial charge in [-0.25, -0.2) is 14.2 Å². The van der Waals surface area contributed by atoms with Crippen LogP contribution in [0, 0.1) is 22.6 Å². The van der Waals surface area contributed by atoms with E-state index in [9.17, 15) is 24.3 Å². The lowest BCUT2D eigenvalue weighted by Gasteiger charge is -2.45. The number of nitrogens with zero attached hydrogens (tertiary/aromatic N) is 3. The first-order valence-corrected chi connectivity index (χ1v) is 13.0. The Balaban J connectivity index is 1.76. The number of halogens is 1. The van der Waals surface area contributed by atoms with Crippen molar-refractivity contribution >= 4 is 23.5 Å².